The van der Waals surface area contributed by atoms with Crippen molar-refractivity contribution in [3.05, 3.63) is 18.2 Å². The van der Waals surface area contributed by atoms with Gasteiger partial charge in [0.1, 0.15) is 11.4 Å². The van der Waals surface area contributed by atoms with Crippen molar-refractivity contribution in [3.63, 3.8) is 0 Å². The Morgan fingerprint density at radius 2 is 2.40 bits per heavy atom. The van der Waals surface area contributed by atoms with E-state index < -0.39 is 11.5 Å². The highest BCUT2D eigenvalue weighted by Gasteiger charge is 2.42. The average molecular weight is 279 g/mol. The molecule has 2 N–H and O–H groups in total. The molecule has 0 saturated heterocycles. The maximum absolute atomic E-state index is 11.7. The van der Waals surface area contributed by atoms with Crippen LogP contribution in [0.25, 0.3) is 0 Å². The quantitative estimate of drug-likeness (QED) is 0.839. The summed E-state index contributed by atoms with van der Waals surface area (Å²) >= 11 is 0. The Hall–Kier alpha value is -1.36. The van der Waals surface area contributed by atoms with Gasteiger partial charge in [-0.05, 0) is 38.6 Å². The van der Waals surface area contributed by atoms with Crippen molar-refractivity contribution in [3.8, 4) is 0 Å². The monoisotopic (exact) mass is 279 g/mol. The number of likely N-dealkylation sites (N-methyl/N-ethyl adjacent to an activating group) is 1. The number of carboxylic acids is 1. The van der Waals surface area contributed by atoms with Crippen molar-refractivity contribution in [2.75, 3.05) is 6.54 Å². The SMILES string of the molecule is CCCc1nccn1C1CCCC(NCC)(C(=O)O)C1. The predicted molar refractivity (Wildman–Crippen MR) is 77.8 cm³/mol. The third kappa shape index (κ3) is 2.87. The number of carboxylic acid groups (broad SMARTS) is 1. The standard InChI is InChI=1S/C15H25N3O2/c1-3-6-13-16-9-10-18(13)12-7-5-8-15(11-12,14(19)20)17-4-2/h9-10,12,17H,3-8,11H2,1-2H3,(H,19,20). The molecule has 20 heavy (non-hydrogen) atoms. The van der Waals surface area contributed by atoms with Crippen molar-refractivity contribution in [2.45, 2.75) is 64.0 Å². The van der Waals surface area contributed by atoms with Gasteiger partial charge in [-0.3, -0.25) is 4.79 Å². The number of hydrogen-bond donors (Lipinski definition) is 2. The highest BCUT2D eigenvalue weighted by Crippen LogP contribution is 2.36. The van der Waals surface area contributed by atoms with Crippen molar-refractivity contribution < 1.29 is 9.90 Å². The second kappa shape index (κ2) is 6.39. The van der Waals surface area contributed by atoms with E-state index in [0.29, 0.717) is 19.4 Å². The third-order valence-corrected chi connectivity index (χ3v) is 4.27. The van der Waals surface area contributed by atoms with Gasteiger partial charge in [0.25, 0.3) is 0 Å². The summed E-state index contributed by atoms with van der Waals surface area (Å²) in [6.45, 7) is 4.79. The van der Waals surface area contributed by atoms with Gasteiger partial charge in [0.2, 0.25) is 0 Å². The van der Waals surface area contributed by atoms with E-state index in [2.05, 4.69) is 21.8 Å². The minimum absolute atomic E-state index is 0.239. The molecule has 2 atom stereocenters. The second-order valence-electron chi connectivity index (χ2n) is 5.67. The molecule has 0 radical (unpaired) electrons. The number of aromatic nitrogens is 2. The average Bonchev–Trinajstić information content (AvgIpc) is 2.88. The molecule has 1 aliphatic rings. The summed E-state index contributed by atoms with van der Waals surface area (Å²) in [7, 11) is 0. The van der Waals surface area contributed by atoms with Crippen LogP contribution in [0.2, 0.25) is 0 Å². The lowest BCUT2D eigenvalue weighted by Crippen LogP contribution is -2.55. The van der Waals surface area contributed by atoms with Crippen LogP contribution in [-0.2, 0) is 11.2 Å². The first-order chi connectivity index (χ1) is 9.63. The Bertz CT molecular complexity index is 454. The summed E-state index contributed by atoms with van der Waals surface area (Å²) in [4.78, 5) is 16.1. The van der Waals surface area contributed by atoms with Crippen LogP contribution in [0.5, 0.6) is 0 Å². The van der Waals surface area contributed by atoms with Gasteiger partial charge in [-0.15, -0.1) is 0 Å². The fraction of sp³-hybridized carbons (Fsp3) is 0.733. The summed E-state index contributed by atoms with van der Waals surface area (Å²) < 4.78 is 2.19. The van der Waals surface area contributed by atoms with Crippen LogP contribution >= 0.6 is 0 Å². The molecule has 0 amide bonds. The molecule has 112 valence electrons. The van der Waals surface area contributed by atoms with Crippen LogP contribution in [0.1, 0.15) is 57.8 Å². The van der Waals surface area contributed by atoms with E-state index in [1.165, 1.54) is 0 Å². The zero-order chi connectivity index (χ0) is 14.6. The molecule has 1 fully saturated rings. The number of aliphatic carboxylic acids is 1. The zero-order valence-electron chi connectivity index (χ0n) is 12.4. The Morgan fingerprint density at radius 3 is 3.05 bits per heavy atom. The molecule has 2 unspecified atom stereocenters. The maximum atomic E-state index is 11.7. The number of imidazole rings is 1. The molecule has 1 saturated carbocycles. The molecular formula is C15H25N3O2. The molecule has 0 spiro atoms. The fourth-order valence-electron chi connectivity index (χ4n) is 3.35. The number of aryl methyl sites for hydroxylation is 1. The maximum Gasteiger partial charge on any atom is 0.323 e. The van der Waals surface area contributed by atoms with E-state index in [9.17, 15) is 9.90 Å². The fourth-order valence-corrected chi connectivity index (χ4v) is 3.35. The van der Waals surface area contributed by atoms with Gasteiger partial charge in [-0.1, -0.05) is 13.8 Å². The Balaban J connectivity index is 2.20. The van der Waals surface area contributed by atoms with Crippen LogP contribution < -0.4 is 5.32 Å². The van der Waals surface area contributed by atoms with Crippen LogP contribution in [0.3, 0.4) is 0 Å². The normalized spacial score (nSPS) is 26.6. The molecule has 2 rings (SSSR count). The lowest BCUT2D eigenvalue weighted by molar-refractivity contribution is -0.147. The zero-order valence-corrected chi connectivity index (χ0v) is 12.4. The van der Waals surface area contributed by atoms with E-state index in [1.54, 1.807) is 0 Å². The van der Waals surface area contributed by atoms with Gasteiger partial charge in [-0.2, -0.15) is 0 Å². The lowest BCUT2D eigenvalue weighted by atomic mass is 9.78. The van der Waals surface area contributed by atoms with Crippen molar-refractivity contribution in [1.82, 2.24) is 14.9 Å². The summed E-state index contributed by atoms with van der Waals surface area (Å²) in [6.07, 6.45) is 9.16. The number of hydrogen-bond acceptors (Lipinski definition) is 3. The van der Waals surface area contributed by atoms with E-state index in [-0.39, 0.29) is 6.04 Å². The molecule has 5 nitrogen and oxygen atoms in total. The van der Waals surface area contributed by atoms with E-state index in [1.807, 2.05) is 19.3 Å². The molecule has 0 aromatic carbocycles. The first kappa shape index (κ1) is 15.0. The number of carbonyl (C=O) groups is 1. The number of nitrogens with one attached hydrogen (secondary N) is 1. The van der Waals surface area contributed by atoms with Crippen LogP contribution in [0.15, 0.2) is 12.4 Å². The topological polar surface area (TPSA) is 67.2 Å². The Kier molecular flexibility index (Phi) is 4.81. The van der Waals surface area contributed by atoms with Crippen LogP contribution in [0, 0.1) is 0 Å². The van der Waals surface area contributed by atoms with Gasteiger partial charge >= 0.3 is 5.97 Å². The smallest absolute Gasteiger partial charge is 0.323 e. The molecule has 1 aromatic rings. The largest absolute Gasteiger partial charge is 0.480 e. The Morgan fingerprint density at radius 1 is 1.60 bits per heavy atom. The summed E-state index contributed by atoms with van der Waals surface area (Å²) in [5.41, 5.74) is -0.772. The van der Waals surface area contributed by atoms with E-state index >= 15 is 0 Å². The van der Waals surface area contributed by atoms with Gasteiger partial charge in [0.15, 0.2) is 0 Å². The molecule has 5 heteroatoms. The first-order valence-electron chi connectivity index (χ1n) is 7.63. The van der Waals surface area contributed by atoms with Crippen molar-refractivity contribution in [1.29, 1.82) is 0 Å². The van der Waals surface area contributed by atoms with Crippen LogP contribution in [0.4, 0.5) is 0 Å². The molecule has 0 bridgehead atoms. The second-order valence-corrected chi connectivity index (χ2v) is 5.67. The van der Waals surface area contributed by atoms with Crippen LogP contribution in [-0.4, -0.2) is 32.7 Å². The van der Waals surface area contributed by atoms with Crippen molar-refractivity contribution >= 4 is 5.97 Å². The highest BCUT2D eigenvalue weighted by atomic mass is 16.4. The molecule has 1 aliphatic carbocycles. The van der Waals surface area contributed by atoms with Crippen molar-refractivity contribution in [2.24, 2.45) is 0 Å². The molecule has 0 aliphatic heterocycles. The van der Waals surface area contributed by atoms with Gasteiger partial charge in [0, 0.05) is 24.9 Å². The predicted octanol–water partition coefficient (Wildman–Crippen LogP) is 2.38. The lowest BCUT2D eigenvalue weighted by Gasteiger charge is -2.39. The summed E-state index contributed by atoms with van der Waals surface area (Å²) in [5.74, 6) is 0.358. The number of nitrogens with zero attached hydrogens (tertiary/aromatic N) is 2. The third-order valence-electron chi connectivity index (χ3n) is 4.27. The molecule has 1 heterocycles. The summed E-state index contributed by atoms with van der Waals surface area (Å²) in [5, 5.41) is 12.8. The molecular weight excluding hydrogens is 254 g/mol. The molecule has 1 aromatic heterocycles. The minimum Gasteiger partial charge on any atom is -0.480 e. The van der Waals surface area contributed by atoms with E-state index in [0.717, 1.165) is 31.5 Å². The highest BCUT2D eigenvalue weighted by molar-refractivity contribution is 5.79. The van der Waals surface area contributed by atoms with Gasteiger partial charge < -0.3 is 15.0 Å². The summed E-state index contributed by atoms with van der Waals surface area (Å²) in [6, 6.07) is 0.239. The van der Waals surface area contributed by atoms with E-state index in [4.69, 9.17) is 0 Å². The first-order valence-corrected chi connectivity index (χ1v) is 7.63. The Labute approximate surface area is 120 Å². The minimum atomic E-state index is -0.772. The van der Waals surface area contributed by atoms with Gasteiger partial charge in [-0.25, -0.2) is 4.98 Å². The number of rotatable bonds is 6. The van der Waals surface area contributed by atoms with Gasteiger partial charge in [0.05, 0.1) is 0 Å².